The van der Waals surface area contributed by atoms with Gasteiger partial charge in [0.05, 0.1) is 6.61 Å². The van der Waals surface area contributed by atoms with Crippen LogP contribution in [0.25, 0.3) is 0 Å². The van der Waals surface area contributed by atoms with E-state index >= 15 is 0 Å². The molecule has 2 aliphatic heterocycles. The lowest BCUT2D eigenvalue weighted by Gasteiger charge is -2.22. The molecule has 1 atom stereocenters. The summed E-state index contributed by atoms with van der Waals surface area (Å²) in [7, 11) is 1.51. The highest BCUT2D eigenvalue weighted by molar-refractivity contribution is 6.09. The Morgan fingerprint density at radius 2 is 2.12 bits per heavy atom. The normalized spacial score (nSPS) is 21.4. The molecule has 25 heavy (non-hydrogen) atoms. The molecule has 2 heterocycles. The van der Waals surface area contributed by atoms with Gasteiger partial charge >= 0.3 is 6.03 Å². The maximum atomic E-state index is 12.8. The van der Waals surface area contributed by atoms with Crippen LogP contribution in [0, 0.1) is 0 Å². The first-order valence-electron chi connectivity index (χ1n) is 7.75. The lowest BCUT2D eigenvalue weighted by atomic mass is 9.91. The van der Waals surface area contributed by atoms with Crippen LogP contribution in [-0.2, 0) is 19.9 Å². The summed E-state index contributed by atoms with van der Waals surface area (Å²) < 4.78 is 15.4. The topological polar surface area (TPSA) is 106 Å². The average Bonchev–Trinajstić information content (AvgIpc) is 3.13. The van der Waals surface area contributed by atoms with E-state index < -0.39 is 23.4 Å². The summed E-state index contributed by atoms with van der Waals surface area (Å²) in [5.74, 6) is 0.156. The van der Waals surface area contributed by atoms with Crippen LogP contribution in [-0.4, -0.2) is 56.3 Å². The Hall–Kier alpha value is -2.81. The van der Waals surface area contributed by atoms with Crippen molar-refractivity contribution < 1.29 is 28.6 Å². The monoisotopic (exact) mass is 349 g/mol. The minimum Gasteiger partial charge on any atom is -0.454 e. The molecular formula is C16H19N3O6. The number of benzene rings is 1. The third kappa shape index (κ3) is 3.10. The fraction of sp³-hybridized carbons (Fsp3) is 0.438. The van der Waals surface area contributed by atoms with E-state index in [1.54, 1.807) is 25.1 Å². The number of hydrogen-bond acceptors (Lipinski definition) is 6. The summed E-state index contributed by atoms with van der Waals surface area (Å²) in [4.78, 5) is 37.8. The minimum atomic E-state index is -1.27. The fourth-order valence-corrected chi connectivity index (χ4v) is 2.74. The van der Waals surface area contributed by atoms with E-state index in [4.69, 9.17) is 14.2 Å². The van der Waals surface area contributed by atoms with Crippen LogP contribution in [0.1, 0.15) is 12.5 Å². The number of carbonyl (C=O) groups is 3. The van der Waals surface area contributed by atoms with E-state index in [0.717, 1.165) is 4.90 Å². The highest BCUT2D eigenvalue weighted by Crippen LogP contribution is 2.37. The molecule has 1 fully saturated rings. The number of carbonyl (C=O) groups excluding carboxylic acids is 3. The number of urea groups is 1. The summed E-state index contributed by atoms with van der Waals surface area (Å²) >= 11 is 0. The van der Waals surface area contributed by atoms with Crippen molar-refractivity contribution in [3.8, 4) is 11.5 Å². The number of imide groups is 1. The third-order valence-electron chi connectivity index (χ3n) is 4.15. The summed E-state index contributed by atoms with van der Waals surface area (Å²) in [6.45, 7) is 2.00. The van der Waals surface area contributed by atoms with Crippen LogP contribution >= 0.6 is 0 Å². The highest BCUT2D eigenvalue weighted by Gasteiger charge is 2.49. The van der Waals surface area contributed by atoms with E-state index in [9.17, 15) is 14.4 Å². The molecule has 0 radical (unpaired) electrons. The average molecular weight is 349 g/mol. The number of rotatable bonds is 6. The van der Waals surface area contributed by atoms with Gasteiger partial charge in [0.15, 0.2) is 11.5 Å². The molecule has 1 aromatic carbocycles. The van der Waals surface area contributed by atoms with Gasteiger partial charge in [0, 0.05) is 13.7 Å². The number of methoxy groups -OCH3 is 1. The molecule has 134 valence electrons. The molecule has 1 saturated heterocycles. The van der Waals surface area contributed by atoms with Crippen molar-refractivity contribution in [3.05, 3.63) is 23.8 Å². The molecule has 2 aliphatic rings. The van der Waals surface area contributed by atoms with Gasteiger partial charge < -0.3 is 24.8 Å². The van der Waals surface area contributed by atoms with Crippen LogP contribution in [0.3, 0.4) is 0 Å². The van der Waals surface area contributed by atoms with Gasteiger partial charge in [0.2, 0.25) is 12.7 Å². The second kappa shape index (κ2) is 6.60. The van der Waals surface area contributed by atoms with Crippen molar-refractivity contribution in [2.45, 2.75) is 12.5 Å². The van der Waals surface area contributed by atoms with Crippen LogP contribution in [0.4, 0.5) is 4.79 Å². The van der Waals surface area contributed by atoms with Crippen LogP contribution in [0.5, 0.6) is 11.5 Å². The Morgan fingerprint density at radius 1 is 1.36 bits per heavy atom. The second-order valence-electron chi connectivity index (χ2n) is 5.86. The zero-order valence-electron chi connectivity index (χ0n) is 14.0. The Balaban J connectivity index is 1.74. The summed E-state index contributed by atoms with van der Waals surface area (Å²) in [6, 6.07) is 4.41. The predicted molar refractivity (Wildman–Crippen MR) is 85.0 cm³/mol. The molecule has 9 heteroatoms. The van der Waals surface area contributed by atoms with Gasteiger partial charge in [-0.05, 0) is 24.6 Å². The molecule has 0 aromatic heterocycles. The first kappa shape index (κ1) is 17.0. The Kier molecular flexibility index (Phi) is 4.49. The molecular weight excluding hydrogens is 330 g/mol. The van der Waals surface area contributed by atoms with Crippen LogP contribution in [0.2, 0.25) is 0 Å². The van der Waals surface area contributed by atoms with Crippen LogP contribution < -0.4 is 20.1 Å². The Bertz CT molecular complexity index is 722. The van der Waals surface area contributed by atoms with Gasteiger partial charge in [0.25, 0.3) is 5.91 Å². The lowest BCUT2D eigenvalue weighted by molar-refractivity contribution is -0.134. The molecule has 0 spiro atoms. The maximum absolute atomic E-state index is 12.8. The van der Waals surface area contributed by atoms with Gasteiger partial charge in [0.1, 0.15) is 12.1 Å². The summed E-state index contributed by atoms with van der Waals surface area (Å²) in [5, 5.41) is 5.22. The number of fused-ring (bicyclic) bond motifs is 1. The summed E-state index contributed by atoms with van der Waals surface area (Å²) in [5.41, 5.74) is -0.720. The molecule has 1 aromatic rings. The van der Waals surface area contributed by atoms with E-state index in [0.29, 0.717) is 30.2 Å². The van der Waals surface area contributed by atoms with E-state index in [2.05, 4.69) is 10.6 Å². The minimum absolute atomic E-state index is 0.115. The van der Waals surface area contributed by atoms with Crippen LogP contribution in [0.15, 0.2) is 18.2 Å². The number of ether oxygens (including phenoxy) is 3. The van der Waals surface area contributed by atoms with Crippen molar-refractivity contribution >= 4 is 17.8 Å². The molecule has 3 rings (SSSR count). The molecule has 0 bridgehead atoms. The molecule has 9 nitrogen and oxygen atoms in total. The summed E-state index contributed by atoms with van der Waals surface area (Å²) in [6.07, 6.45) is 0. The maximum Gasteiger partial charge on any atom is 0.325 e. The Morgan fingerprint density at radius 3 is 2.88 bits per heavy atom. The second-order valence-corrected chi connectivity index (χ2v) is 5.86. The first-order chi connectivity index (χ1) is 12.0. The van der Waals surface area contributed by atoms with E-state index in [1.807, 2.05) is 0 Å². The highest BCUT2D eigenvalue weighted by atomic mass is 16.7. The van der Waals surface area contributed by atoms with Gasteiger partial charge in [-0.2, -0.15) is 0 Å². The quantitative estimate of drug-likeness (QED) is 0.551. The smallest absolute Gasteiger partial charge is 0.325 e. The largest absolute Gasteiger partial charge is 0.454 e. The standard InChI is InChI=1S/C16H19N3O6/c1-16(10-3-4-11-12(7-10)25-9-24-11)14(21)19(15(22)18-16)8-13(20)17-5-6-23-2/h3-4,7H,5-6,8-9H2,1-2H3,(H,17,20)(H,18,22)/t16-/m0/s1. The van der Waals surface area contributed by atoms with E-state index in [1.165, 1.54) is 7.11 Å². The van der Waals surface area contributed by atoms with Gasteiger partial charge in [-0.3, -0.25) is 14.5 Å². The zero-order chi connectivity index (χ0) is 18.0. The predicted octanol–water partition coefficient (Wildman–Crippen LogP) is -0.0551. The SMILES string of the molecule is COCCNC(=O)CN1C(=O)N[C@@](C)(c2ccc3c(c2)OCO3)C1=O. The Labute approximate surface area is 144 Å². The fourth-order valence-electron chi connectivity index (χ4n) is 2.74. The molecule has 4 amide bonds. The van der Waals surface area contributed by atoms with Gasteiger partial charge in [-0.1, -0.05) is 6.07 Å². The number of nitrogens with zero attached hydrogens (tertiary/aromatic N) is 1. The van der Waals surface area contributed by atoms with Crippen molar-refractivity contribution in [3.63, 3.8) is 0 Å². The first-order valence-corrected chi connectivity index (χ1v) is 7.75. The third-order valence-corrected chi connectivity index (χ3v) is 4.15. The number of hydrogen-bond donors (Lipinski definition) is 2. The van der Waals surface area contributed by atoms with Gasteiger partial charge in [-0.15, -0.1) is 0 Å². The van der Waals surface area contributed by atoms with E-state index in [-0.39, 0.29) is 13.3 Å². The van der Waals surface area contributed by atoms with Crippen molar-refractivity contribution in [1.29, 1.82) is 0 Å². The van der Waals surface area contributed by atoms with Crippen molar-refractivity contribution in [1.82, 2.24) is 15.5 Å². The van der Waals surface area contributed by atoms with Crippen molar-refractivity contribution in [2.24, 2.45) is 0 Å². The van der Waals surface area contributed by atoms with Crippen molar-refractivity contribution in [2.75, 3.05) is 33.6 Å². The molecule has 0 aliphatic carbocycles. The zero-order valence-corrected chi connectivity index (χ0v) is 14.0. The lowest BCUT2D eigenvalue weighted by Crippen LogP contribution is -2.43. The molecule has 2 N–H and O–H groups in total. The molecule has 0 saturated carbocycles. The number of amides is 4. The molecule has 0 unspecified atom stereocenters. The number of nitrogens with one attached hydrogen (secondary N) is 2. The van der Waals surface area contributed by atoms with Gasteiger partial charge in [-0.25, -0.2) is 4.79 Å².